The summed E-state index contributed by atoms with van der Waals surface area (Å²) in [5.41, 5.74) is 1.58. The molecule has 1 aromatic carbocycles. The number of aromatic nitrogens is 2. The molecule has 0 aliphatic heterocycles. The number of carboxylic acid groups (broad SMARTS) is 1. The number of aromatic amines is 1. The normalized spacial score (nSPS) is 16.2. The van der Waals surface area contributed by atoms with Gasteiger partial charge in [0, 0.05) is 18.7 Å². The Morgan fingerprint density at radius 1 is 1.40 bits per heavy atom. The molecule has 25 heavy (non-hydrogen) atoms. The van der Waals surface area contributed by atoms with Crippen LogP contribution in [-0.4, -0.2) is 46.3 Å². The molecule has 3 N–H and O–H groups in total. The third-order valence-corrected chi connectivity index (χ3v) is 4.68. The van der Waals surface area contributed by atoms with Gasteiger partial charge in [0.1, 0.15) is 0 Å². The number of methoxy groups -OCH3 is 1. The number of rotatable bonds is 6. The quantitative estimate of drug-likeness (QED) is 0.728. The highest BCUT2D eigenvalue weighted by molar-refractivity contribution is 5.97. The van der Waals surface area contributed by atoms with Crippen LogP contribution in [0.4, 0.5) is 0 Å². The van der Waals surface area contributed by atoms with Crippen LogP contribution in [0.3, 0.4) is 0 Å². The van der Waals surface area contributed by atoms with Crippen LogP contribution in [0.2, 0.25) is 0 Å². The second kappa shape index (κ2) is 7.10. The van der Waals surface area contributed by atoms with E-state index in [0.717, 1.165) is 31.2 Å². The number of nitrogens with zero attached hydrogens (tertiary/aromatic N) is 1. The minimum Gasteiger partial charge on any atom is -0.479 e. The molecule has 1 amide bonds. The number of carboxylic acids is 1. The van der Waals surface area contributed by atoms with E-state index in [9.17, 15) is 14.4 Å². The van der Waals surface area contributed by atoms with Gasteiger partial charge in [0.15, 0.2) is 6.10 Å². The van der Waals surface area contributed by atoms with Gasteiger partial charge in [-0.25, -0.2) is 9.59 Å². The van der Waals surface area contributed by atoms with Gasteiger partial charge in [-0.2, -0.15) is 0 Å². The zero-order valence-electron chi connectivity index (χ0n) is 13.9. The van der Waals surface area contributed by atoms with Crippen molar-refractivity contribution >= 4 is 22.9 Å². The highest BCUT2D eigenvalue weighted by atomic mass is 16.5. The molecule has 3 rings (SSSR count). The van der Waals surface area contributed by atoms with Gasteiger partial charge in [0.05, 0.1) is 17.6 Å². The Hall–Kier alpha value is -2.61. The summed E-state index contributed by atoms with van der Waals surface area (Å²) < 4.78 is 6.55. The molecule has 0 bridgehead atoms. The summed E-state index contributed by atoms with van der Waals surface area (Å²) in [6, 6.07) is 5.21. The predicted molar refractivity (Wildman–Crippen MR) is 90.8 cm³/mol. The van der Waals surface area contributed by atoms with E-state index in [0.29, 0.717) is 11.1 Å². The van der Waals surface area contributed by atoms with Crippen LogP contribution >= 0.6 is 0 Å². The number of ether oxygens (including phenoxy) is 1. The standard InChI is InChI=1S/C17H21N3O5/c1-25-14(16(22)23)9-18-15(21)10-6-7-13-12(8-10)19-17(24)20(13)11-4-2-3-5-11/h6-8,11,14H,2-5,9H2,1H3,(H,18,21)(H,19,24)(H,22,23). The second-order valence-electron chi connectivity index (χ2n) is 6.24. The molecule has 1 saturated carbocycles. The molecule has 1 heterocycles. The number of hydrogen-bond donors (Lipinski definition) is 3. The van der Waals surface area contributed by atoms with Gasteiger partial charge >= 0.3 is 11.7 Å². The van der Waals surface area contributed by atoms with Crippen molar-refractivity contribution in [3.8, 4) is 0 Å². The Bertz CT molecular complexity index is 848. The number of hydrogen-bond acceptors (Lipinski definition) is 4. The van der Waals surface area contributed by atoms with Crippen molar-refractivity contribution in [2.45, 2.75) is 37.8 Å². The van der Waals surface area contributed by atoms with Gasteiger partial charge in [-0.15, -0.1) is 0 Å². The number of benzene rings is 1. The number of H-pyrrole nitrogens is 1. The average molecular weight is 347 g/mol. The molecule has 134 valence electrons. The smallest absolute Gasteiger partial charge is 0.334 e. The molecular formula is C17H21N3O5. The molecule has 8 heteroatoms. The summed E-state index contributed by atoms with van der Waals surface area (Å²) in [5, 5.41) is 11.4. The van der Waals surface area contributed by atoms with Crippen molar-refractivity contribution in [3.05, 3.63) is 34.2 Å². The van der Waals surface area contributed by atoms with Gasteiger partial charge in [-0.05, 0) is 31.0 Å². The fourth-order valence-electron chi connectivity index (χ4n) is 3.36. The van der Waals surface area contributed by atoms with Crippen molar-refractivity contribution in [1.29, 1.82) is 0 Å². The maximum atomic E-state index is 12.3. The summed E-state index contributed by atoms with van der Waals surface area (Å²) in [5.74, 6) is -1.56. The number of carbonyl (C=O) groups is 2. The number of nitrogens with one attached hydrogen (secondary N) is 2. The third kappa shape index (κ3) is 3.43. The van der Waals surface area contributed by atoms with Gasteiger partial charge in [0.2, 0.25) is 0 Å². The Kier molecular flexibility index (Phi) is 4.89. The highest BCUT2D eigenvalue weighted by Gasteiger charge is 2.22. The average Bonchev–Trinajstić information content (AvgIpc) is 3.20. The van der Waals surface area contributed by atoms with E-state index in [1.807, 2.05) is 0 Å². The van der Waals surface area contributed by atoms with Gasteiger partial charge in [-0.3, -0.25) is 9.36 Å². The third-order valence-electron chi connectivity index (χ3n) is 4.68. The molecule has 1 atom stereocenters. The zero-order chi connectivity index (χ0) is 18.0. The minimum absolute atomic E-state index is 0.137. The van der Waals surface area contributed by atoms with Crippen molar-refractivity contribution in [1.82, 2.24) is 14.9 Å². The van der Waals surface area contributed by atoms with Crippen LogP contribution in [0.15, 0.2) is 23.0 Å². The van der Waals surface area contributed by atoms with E-state index in [1.165, 1.54) is 7.11 Å². The first-order valence-electron chi connectivity index (χ1n) is 8.29. The zero-order valence-corrected chi connectivity index (χ0v) is 13.9. The Balaban J connectivity index is 1.80. The maximum Gasteiger partial charge on any atom is 0.334 e. The maximum absolute atomic E-state index is 12.3. The first-order chi connectivity index (χ1) is 12.0. The van der Waals surface area contributed by atoms with E-state index in [4.69, 9.17) is 9.84 Å². The van der Waals surface area contributed by atoms with Gasteiger partial charge < -0.3 is 20.1 Å². The topological polar surface area (TPSA) is 113 Å². The van der Waals surface area contributed by atoms with Crippen molar-refractivity contribution in [2.75, 3.05) is 13.7 Å². The number of aliphatic carboxylic acids is 1. The van der Waals surface area contributed by atoms with Crippen molar-refractivity contribution < 1.29 is 19.4 Å². The van der Waals surface area contributed by atoms with Gasteiger partial charge in [0.25, 0.3) is 5.91 Å². The number of amides is 1. The lowest BCUT2D eigenvalue weighted by atomic mass is 10.1. The van der Waals surface area contributed by atoms with Crippen LogP contribution < -0.4 is 11.0 Å². The van der Waals surface area contributed by atoms with Crippen LogP contribution in [0.1, 0.15) is 42.1 Å². The van der Waals surface area contributed by atoms with Crippen molar-refractivity contribution in [2.24, 2.45) is 0 Å². The van der Waals surface area contributed by atoms with Crippen LogP contribution in [0.25, 0.3) is 11.0 Å². The molecule has 2 aromatic rings. The van der Waals surface area contributed by atoms with E-state index >= 15 is 0 Å². The lowest BCUT2D eigenvalue weighted by Crippen LogP contribution is -2.37. The number of fused-ring (bicyclic) bond motifs is 1. The molecule has 1 fully saturated rings. The molecular weight excluding hydrogens is 326 g/mol. The number of carbonyl (C=O) groups excluding carboxylic acids is 1. The Morgan fingerprint density at radius 2 is 2.12 bits per heavy atom. The van der Waals surface area contributed by atoms with Crippen LogP contribution in [0, 0.1) is 0 Å². The first kappa shape index (κ1) is 17.2. The fourth-order valence-corrected chi connectivity index (χ4v) is 3.36. The summed E-state index contributed by atoms with van der Waals surface area (Å²) in [4.78, 5) is 38.2. The summed E-state index contributed by atoms with van der Waals surface area (Å²) in [6.07, 6.45) is 3.12. The highest BCUT2D eigenvalue weighted by Crippen LogP contribution is 2.30. The van der Waals surface area contributed by atoms with Crippen LogP contribution in [0.5, 0.6) is 0 Å². The van der Waals surface area contributed by atoms with E-state index in [2.05, 4.69) is 10.3 Å². The SMILES string of the molecule is COC(CNC(=O)c1ccc2c(c1)[nH]c(=O)n2C1CCCC1)C(=O)O. The summed E-state index contributed by atoms with van der Waals surface area (Å²) in [6.45, 7) is -0.137. The van der Waals surface area contributed by atoms with Gasteiger partial charge in [-0.1, -0.05) is 12.8 Å². The largest absolute Gasteiger partial charge is 0.479 e. The fraction of sp³-hybridized carbons (Fsp3) is 0.471. The van der Waals surface area contributed by atoms with E-state index in [-0.39, 0.29) is 18.3 Å². The Morgan fingerprint density at radius 3 is 2.76 bits per heavy atom. The molecule has 1 aromatic heterocycles. The monoisotopic (exact) mass is 347 g/mol. The molecule has 8 nitrogen and oxygen atoms in total. The van der Waals surface area contributed by atoms with Crippen LogP contribution in [-0.2, 0) is 9.53 Å². The van der Waals surface area contributed by atoms with E-state index in [1.54, 1.807) is 22.8 Å². The molecule has 1 unspecified atom stereocenters. The van der Waals surface area contributed by atoms with E-state index < -0.39 is 18.0 Å². The molecule has 0 radical (unpaired) electrons. The lowest BCUT2D eigenvalue weighted by Gasteiger charge is -2.12. The first-order valence-corrected chi connectivity index (χ1v) is 8.29. The summed E-state index contributed by atoms with van der Waals surface area (Å²) in [7, 11) is 1.27. The molecule has 0 spiro atoms. The Labute approximate surface area is 143 Å². The molecule has 0 saturated heterocycles. The second-order valence-corrected chi connectivity index (χ2v) is 6.24. The van der Waals surface area contributed by atoms with Crippen molar-refractivity contribution in [3.63, 3.8) is 0 Å². The minimum atomic E-state index is -1.14. The lowest BCUT2D eigenvalue weighted by molar-refractivity contribution is -0.148. The number of imidazole rings is 1. The molecule has 1 aliphatic rings. The summed E-state index contributed by atoms with van der Waals surface area (Å²) >= 11 is 0. The molecule has 1 aliphatic carbocycles. The predicted octanol–water partition coefficient (Wildman–Crippen LogP) is 1.27.